The Hall–Kier alpha value is -1.85. The number of halogens is 3. The van der Waals surface area contributed by atoms with Crippen molar-refractivity contribution in [1.82, 2.24) is 4.90 Å². The molecule has 0 spiro atoms. The zero-order chi connectivity index (χ0) is 14.4. The fourth-order valence-corrected chi connectivity index (χ4v) is 2.48. The molecule has 0 aliphatic carbocycles. The second-order valence-corrected chi connectivity index (χ2v) is 4.84. The minimum atomic E-state index is -4.49. The normalized spacial score (nSPS) is 23.5. The highest BCUT2D eigenvalue weighted by atomic mass is 19.4. The lowest BCUT2D eigenvalue weighted by molar-refractivity contribution is -0.161. The number of carbonyl (C=O) groups excluding carboxylic acids is 2. The number of carbonyl (C=O) groups is 2. The van der Waals surface area contributed by atoms with E-state index in [9.17, 15) is 22.8 Å². The molecular weight excluding hydrogens is 259 g/mol. The molecule has 1 aromatic rings. The molecular formula is C13H12F3NO2. The fourth-order valence-electron chi connectivity index (χ4n) is 2.48. The van der Waals surface area contributed by atoms with Crippen LogP contribution in [0.4, 0.5) is 13.2 Å². The molecule has 1 aliphatic rings. The molecule has 1 unspecified atom stereocenters. The first kappa shape index (κ1) is 13.6. The Morgan fingerprint density at radius 2 is 1.79 bits per heavy atom. The maximum atomic E-state index is 12.7. The summed E-state index contributed by atoms with van der Waals surface area (Å²) >= 11 is 0. The van der Waals surface area contributed by atoms with Gasteiger partial charge in [0.2, 0.25) is 5.91 Å². The Bertz CT molecular complexity index is 553. The Kier molecular flexibility index (Phi) is 2.91. The zero-order valence-corrected chi connectivity index (χ0v) is 10.4. The molecule has 1 aliphatic heterocycles. The SMILES string of the molecule is CN1C(=O)c2ccccc2C(C)(CC(F)(F)F)C1=O. The lowest BCUT2D eigenvalue weighted by Crippen LogP contribution is -2.52. The van der Waals surface area contributed by atoms with E-state index < -0.39 is 29.8 Å². The molecule has 1 aromatic carbocycles. The molecule has 0 N–H and O–H groups in total. The summed E-state index contributed by atoms with van der Waals surface area (Å²) in [6, 6.07) is 5.94. The van der Waals surface area contributed by atoms with Gasteiger partial charge in [0, 0.05) is 12.6 Å². The van der Waals surface area contributed by atoms with Gasteiger partial charge in [0.05, 0.1) is 11.8 Å². The molecule has 19 heavy (non-hydrogen) atoms. The summed E-state index contributed by atoms with van der Waals surface area (Å²) in [6.45, 7) is 1.23. The van der Waals surface area contributed by atoms with Crippen molar-refractivity contribution in [3.05, 3.63) is 35.4 Å². The van der Waals surface area contributed by atoms with E-state index in [0.29, 0.717) is 0 Å². The quantitative estimate of drug-likeness (QED) is 0.736. The van der Waals surface area contributed by atoms with Gasteiger partial charge in [-0.1, -0.05) is 18.2 Å². The standard InChI is InChI=1S/C13H12F3NO2/c1-12(7-13(14,15)16)9-6-4-3-5-8(9)10(18)17(2)11(12)19/h3-6H,7H2,1-2H3. The molecule has 3 nitrogen and oxygen atoms in total. The number of amides is 2. The number of likely N-dealkylation sites (N-methyl/N-ethyl adjacent to an activating group) is 1. The number of imide groups is 1. The number of hydrogen-bond acceptors (Lipinski definition) is 2. The third-order valence-electron chi connectivity index (χ3n) is 3.39. The summed E-state index contributed by atoms with van der Waals surface area (Å²) in [7, 11) is 1.20. The van der Waals surface area contributed by atoms with E-state index in [2.05, 4.69) is 0 Å². The minimum Gasteiger partial charge on any atom is -0.281 e. The maximum Gasteiger partial charge on any atom is 0.390 e. The van der Waals surface area contributed by atoms with E-state index in [1.54, 1.807) is 6.07 Å². The van der Waals surface area contributed by atoms with Crippen LogP contribution in [0.5, 0.6) is 0 Å². The number of rotatable bonds is 1. The summed E-state index contributed by atoms with van der Waals surface area (Å²) < 4.78 is 38.2. The molecule has 2 rings (SSSR count). The van der Waals surface area contributed by atoms with Gasteiger partial charge in [-0.25, -0.2) is 0 Å². The lowest BCUT2D eigenvalue weighted by atomic mass is 9.73. The second-order valence-electron chi connectivity index (χ2n) is 4.84. The van der Waals surface area contributed by atoms with Gasteiger partial charge in [0.25, 0.3) is 5.91 Å². The highest BCUT2D eigenvalue weighted by Crippen LogP contribution is 2.41. The predicted octanol–water partition coefficient (Wildman–Crippen LogP) is 2.51. The Balaban J connectivity index is 2.63. The molecule has 6 heteroatoms. The molecule has 102 valence electrons. The molecule has 1 heterocycles. The zero-order valence-electron chi connectivity index (χ0n) is 10.4. The van der Waals surface area contributed by atoms with Gasteiger partial charge in [-0.05, 0) is 18.6 Å². The minimum absolute atomic E-state index is 0.139. The van der Waals surface area contributed by atoms with Gasteiger partial charge in [-0.3, -0.25) is 14.5 Å². The van der Waals surface area contributed by atoms with Crippen LogP contribution in [0.1, 0.15) is 29.3 Å². The summed E-state index contributed by atoms with van der Waals surface area (Å²) in [4.78, 5) is 24.8. The van der Waals surface area contributed by atoms with Crippen LogP contribution >= 0.6 is 0 Å². The number of benzene rings is 1. The van der Waals surface area contributed by atoms with Gasteiger partial charge in [0.1, 0.15) is 0 Å². The van der Waals surface area contributed by atoms with Crippen LogP contribution in [-0.4, -0.2) is 29.9 Å². The molecule has 0 saturated heterocycles. The van der Waals surface area contributed by atoms with Crippen molar-refractivity contribution in [1.29, 1.82) is 0 Å². The van der Waals surface area contributed by atoms with E-state index in [-0.39, 0.29) is 11.1 Å². The van der Waals surface area contributed by atoms with Gasteiger partial charge in [0.15, 0.2) is 0 Å². The van der Waals surface area contributed by atoms with E-state index in [1.807, 2.05) is 0 Å². The predicted molar refractivity (Wildman–Crippen MR) is 61.6 cm³/mol. The highest BCUT2D eigenvalue weighted by molar-refractivity contribution is 6.12. The number of nitrogens with zero attached hydrogens (tertiary/aromatic N) is 1. The largest absolute Gasteiger partial charge is 0.390 e. The first-order valence-corrected chi connectivity index (χ1v) is 5.65. The van der Waals surface area contributed by atoms with Gasteiger partial charge in [-0.15, -0.1) is 0 Å². The third-order valence-corrected chi connectivity index (χ3v) is 3.39. The lowest BCUT2D eigenvalue weighted by Gasteiger charge is -2.38. The maximum absolute atomic E-state index is 12.7. The van der Waals surface area contributed by atoms with Crippen LogP contribution in [-0.2, 0) is 10.2 Å². The molecule has 2 amide bonds. The van der Waals surface area contributed by atoms with Crippen molar-refractivity contribution in [2.45, 2.75) is 24.9 Å². The van der Waals surface area contributed by atoms with Crippen LogP contribution in [0.3, 0.4) is 0 Å². The molecule has 0 radical (unpaired) electrons. The Morgan fingerprint density at radius 3 is 2.37 bits per heavy atom. The van der Waals surface area contributed by atoms with Crippen molar-refractivity contribution in [3.8, 4) is 0 Å². The van der Waals surface area contributed by atoms with Crippen molar-refractivity contribution < 1.29 is 22.8 Å². The van der Waals surface area contributed by atoms with E-state index in [1.165, 1.54) is 32.2 Å². The summed E-state index contributed by atoms with van der Waals surface area (Å²) in [6.07, 6.45) is -5.77. The molecule has 0 saturated carbocycles. The van der Waals surface area contributed by atoms with Crippen LogP contribution in [0.2, 0.25) is 0 Å². The number of fused-ring (bicyclic) bond motifs is 1. The average Bonchev–Trinajstić information content (AvgIpc) is 2.32. The van der Waals surface area contributed by atoms with E-state index in [4.69, 9.17) is 0 Å². The van der Waals surface area contributed by atoms with E-state index >= 15 is 0 Å². The van der Waals surface area contributed by atoms with Crippen LogP contribution in [0.15, 0.2) is 24.3 Å². The van der Waals surface area contributed by atoms with E-state index in [0.717, 1.165) is 4.90 Å². The van der Waals surface area contributed by atoms with Crippen LogP contribution < -0.4 is 0 Å². The van der Waals surface area contributed by atoms with Crippen molar-refractivity contribution >= 4 is 11.8 Å². The summed E-state index contributed by atoms with van der Waals surface area (Å²) in [5, 5.41) is 0. The first-order valence-electron chi connectivity index (χ1n) is 5.65. The second kappa shape index (κ2) is 4.08. The molecule has 1 atom stereocenters. The monoisotopic (exact) mass is 271 g/mol. The van der Waals surface area contributed by atoms with Gasteiger partial charge >= 0.3 is 6.18 Å². The topological polar surface area (TPSA) is 37.4 Å². The summed E-state index contributed by atoms with van der Waals surface area (Å²) in [5.74, 6) is -1.39. The fraction of sp³-hybridized carbons (Fsp3) is 0.385. The third kappa shape index (κ3) is 2.11. The Labute approximate surface area is 108 Å². The summed E-state index contributed by atoms with van der Waals surface area (Å²) in [5.41, 5.74) is -1.46. The number of alkyl halides is 3. The smallest absolute Gasteiger partial charge is 0.281 e. The average molecular weight is 271 g/mol. The number of hydrogen-bond donors (Lipinski definition) is 0. The van der Waals surface area contributed by atoms with Crippen LogP contribution in [0, 0.1) is 0 Å². The van der Waals surface area contributed by atoms with Crippen LogP contribution in [0.25, 0.3) is 0 Å². The highest BCUT2D eigenvalue weighted by Gasteiger charge is 2.51. The van der Waals surface area contributed by atoms with Crippen molar-refractivity contribution in [3.63, 3.8) is 0 Å². The van der Waals surface area contributed by atoms with Gasteiger partial charge in [-0.2, -0.15) is 13.2 Å². The molecule has 0 bridgehead atoms. The van der Waals surface area contributed by atoms with Crippen molar-refractivity contribution in [2.75, 3.05) is 7.05 Å². The van der Waals surface area contributed by atoms with Gasteiger partial charge < -0.3 is 0 Å². The molecule has 0 aromatic heterocycles. The van der Waals surface area contributed by atoms with Crippen molar-refractivity contribution in [2.24, 2.45) is 0 Å². The Morgan fingerprint density at radius 1 is 1.21 bits per heavy atom. The first-order chi connectivity index (χ1) is 8.67. The molecule has 0 fully saturated rings.